The van der Waals surface area contributed by atoms with Crippen LogP contribution in [0.3, 0.4) is 0 Å². The second kappa shape index (κ2) is 7.38. The largest absolute Gasteiger partial charge is 0.377 e. The number of hydrogen-bond donors (Lipinski definition) is 0. The van der Waals surface area contributed by atoms with E-state index in [0.717, 1.165) is 39.3 Å². The number of ether oxygens (including phenoxy) is 2. The molecule has 2 aliphatic rings. The van der Waals surface area contributed by atoms with E-state index in [4.69, 9.17) is 9.47 Å². The normalized spacial score (nSPS) is 27.3. The van der Waals surface area contributed by atoms with Crippen LogP contribution in [-0.2, 0) is 16.5 Å². The molecular formula is C16H27N3O2. The minimum Gasteiger partial charge on any atom is -0.377 e. The molecule has 5 heteroatoms. The highest BCUT2D eigenvalue weighted by Gasteiger charge is 2.23. The van der Waals surface area contributed by atoms with E-state index in [1.165, 1.54) is 31.5 Å². The van der Waals surface area contributed by atoms with Crippen molar-refractivity contribution in [3.8, 4) is 0 Å². The van der Waals surface area contributed by atoms with Crippen molar-refractivity contribution < 1.29 is 9.47 Å². The zero-order valence-electron chi connectivity index (χ0n) is 13.0. The molecule has 0 bridgehead atoms. The highest BCUT2D eigenvalue weighted by molar-refractivity contribution is 5.09. The van der Waals surface area contributed by atoms with Crippen molar-refractivity contribution in [1.29, 1.82) is 0 Å². The maximum atomic E-state index is 5.79. The monoisotopic (exact) mass is 293 g/mol. The van der Waals surface area contributed by atoms with Crippen LogP contribution in [0, 0.1) is 0 Å². The van der Waals surface area contributed by atoms with Crippen LogP contribution in [0.15, 0.2) is 12.3 Å². The van der Waals surface area contributed by atoms with Gasteiger partial charge in [-0.25, -0.2) is 0 Å². The fraction of sp³-hybridized carbons (Fsp3) is 0.812. The molecule has 118 valence electrons. The average molecular weight is 293 g/mol. The Bertz CT molecular complexity index is 429. The first-order valence-electron chi connectivity index (χ1n) is 8.22. The number of aromatic nitrogens is 2. The van der Waals surface area contributed by atoms with Crippen molar-refractivity contribution >= 4 is 0 Å². The lowest BCUT2D eigenvalue weighted by molar-refractivity contribution is 0.00845. The lowest BCUT2D eigenvalue weighted by Gasteiger charge is -2.32. The molecule has 1 aromatic heterocycles. The molecule has 2 fully saturated rings. The van der Waals surface area contributed by atoms with Crippen LogP contribution >= 0.6 is 0 Å². The van der Waals surface area contributed by atoms with Crippen LogP contribution in [0.25, 0.3) is 0 Å². The van der Waals surface area contributed by atoms with E-state index < -0.39 is 0 Å². The molecule has 3 rings (SSSR count). The number of aryl methyl sites for hydroxylation is 1. The molecule has 3 heterocycles. The Balaban J connectivity index is 1.38. The number of rotatable bonds is 6. The molecule has 0 spiro atoms. The standard InChI is InChI=1S/C16H27N3O2/c1-18-16(6-7-17-18)14-4-2-8-19(12-14)9-11-20-13-15-5-3-10-21-15/h6-7,14-15H,2-5,8-13H2,1H3/t14-,15+/m0/s1. The van der Waals surface area contributed by atoms with Crippen molar-refractivity contribution in [2.24, 2.45) is 7.05 Å². The summed E-state index contributed by atoms with van der Waals surface area (Å²) in [6.07, 6.45) is 7.13. The molecule has 1 aromatic rings. The maximum Gasteiger partial charge on any atom is 0.0809 e. The highest BCUT2D eigenvalue weighted by Crippen LogP contribution is 2.26. The van der Waals surface area contributed by atoms with Gasteiger partial charge in [-0.1, -0.05) is 0 Å². The topological polar surface area (TPSA) is 39.5 Å². The van der Waals surface area contributed by atoms with Crippen LogP contribution in [-0.4, -0.2) is 60.2 Å². The Morgan fingerprint density at radius 1 is 1.38 bits per heavy atom. The molecule has 5 nitrogen and oxygen atoms in total. The van der Waals surface area contributed by atoms with Crippen LogP contribution in [0.5, 0.6) is 0 Å². The minimum absolute atomic E-state index is 0.341. The highest BCUT2D eigenvalue weighted by atomic mass is 16.5. The minimum atomic E-state index is 0.341. The molecule has 0 amide bonds. The second-order valence-electron chi connectivity index (χ2n) is 6.23. The predicted molar refractivity (Wildman–Crippen MR) is 81.4 cm³/mol. The SMILES string of the molecule is Cn1nccc1[C@H]1CCCN(CCOC[C@H]2CCCO2)C1. The van der Waals surface area contributed by atoms with Gasteiger partial charge in [-0.3, -0.25) is 4.68 Å². The molecule has 2 atom stereocenters. The molecule has 0 unspecified atom stereocenters. The third-order valence-electron chi connectivity index (χ3n) is 4.66. The molecule has 0 saturated carbocycles. The van der Waals surface area contributed by atoms with Crippen molar-refractivity contribution in [3.63, 3.8) is 0 Å². The second-order valence-corrected chi connectivity index (χ2v) is 6.23. The first kappa shape index (κ1) is 15.0. The van der Waals surface area contributed by atoms with Crippen LogP contribution in [0.1, 0.15) is 37.3 Å². The molecule has 2 aliphatic heterocycles. The van der Waals surface area contributed by atoms with Crippen LogP contribution in [0.4, 0.5) is 0 Å². The lowest BCUT2D eigenvalue weighted by atomic mass is 9.95. The van der Waals surface area contributed by atoms with E-state index in [0.29, 0.717) is 12.0 Å². The van der Waals surface area contributed by atoms with Gasteiger partial charge < -0.3 is 14.4 Å². The summed E-state index contributed by atoms with van der Waals surface area (Å²) in [6.45, 7) is 5.84. The van der Waals surface area contributed by atoms with E-state index in [-0.39, 0.29) is 0 Å². The van der Waals surface area contributed by atoms with E-state index in [1.54, 1.807) is 0 Å². The molecular weight excluding hydrogens is 266 g/mol. The molecule has 0 aromatic carbocycles. The molecule has 2 saturated heterocycles. The number of piperidine rings is 1. The van der Waals surface area contributed by atoms with E-state index in [9.17, 15) is 0 Å². The Kier molecular flexibility index (Phi) is 5.27. The van der Waals surface area contributed by atoms with E-state index >= 15 is 0 Å². The number of likely N-dealkylation sites (tertiary alicyclic amines) is 1. The lowest BCUT2D eigenvalue weighted by Crippen LogP contribution is -2.37. The van der Waals surface area contributed by atoms with Gasteiger partial charge in [0.15, 0.2) is 0 Å². The molecule has 0 radical (unpaired) electrons. The number of hydrogen-bond acceptors (Lipinski definition) is 4. The van der Waals surface area contributed by atoms with Crippen LogP contribution < -0.4 is 0 Å². The van der Waals surface area contributed by atoms with Gasteiger partial charge in [-0.05, 0) is 38.3 Å². The molecule has 0 N–H and O–H groups in total. The quantitative estimate of drug-likeness (QED) is 0.750. The third kappa shape index (κ3) is 4.05. The summed E-state index contributed by atoms with van der Waals surface area (Å²) in [6, 6.07) is 2.15. The van der Waals surface area contributed by atoms with Gasteiger partial charge in [0.1, 0.15) is 0 Å². The Hall–Kier alpha value is -0.910. The summed E-state index contributed by atoms with van der Waals surface area (Å²) in [5.74, 6) is 0.615. The summed E-state index contributed by atoms with van der Waals surface area (Å²) < 4.78 is 13.4. The Morgan fingerprint density at radius 2 is 2.33 bits per heavy atom. The summed E-state index contributed by atoms with van der Waals surface area (Å²) in [7, 11) is 2.04. The van der Waals surface area contributed by atoms with Gasteiger partial charge in [0.05, 0.1) is 19.3 Å². The summed E-state index contributed by atoms with van der Waals surface area (Å²) in [5, 5.41) is 4.30. The first-order chi connectivity index (χ1) is 10.3. The van der Waals surface area contributed by atoms with Crippen molar-refractivity contribution in [2.45, 2.75) is 37.7 Å². The molecule has 0 aliphatic carbocycles. The van der Waals surface area contributed by atoms with Gasteiger partial charge in [0, 0.05) is 44.6 Å². The van der Waals surface area contributed by atoms with Crippen molar-refractivity contribution in [3.05, 3.63) is 18.0 Å². The van der Waals surface area contributed by atoms with Gasteiger partial charge in [0.2, 0.25) is 0 Å². The van der Waals surface area contributed by atoms with Gasteiger partial charge >= 0.3 is 0 Å². The average Bonchev–Trinajstić information content (AvgIpc) is 3.15. The van der Waals surface area contributed by atoms with E-state index in [2.05, 4.69) is 16.1 Å². The van der Waals surface area contributed by atoms with Crippen LogP contribution in [0.2, 0.25) is 0 Å². The third-order valence-corrected chi connectivity index (χ3v) is 4.66. The fourth-order valence-corrected chi connectivity index (χ4v) is 3.47. The Labute approximate surface area is 127 Å². The summed E-state index contributed by atoms with van der Waals surface area (Å²) in [4.78, 5) is 2.52. The first-order valence-corrected chi connectivity index (χ1v) is 8.22. The van der Waals surface area contributed by atoms with Crippen molar-refractivity contribution in [2.75, 3.05) is 39.5 Å². The van der Waals surface area contributed by atoms with E-state index in [1.807, 2.05) is 17.9 Å². The Morgan fingerprint density at radius 3 is 3.10 bits per heavy atom. The predicted octanol–water partition coefficient (Wildman–Crippen LogP) is 1.80. The zero-order valence-corrected chi connectivity index (χ0v) is 13.0. The van der Waals surface area contributed by atoms with Gasteiger partial charge in [-0.15, -0.1) is 0 Å². The fourth-order valence-electron chi connectivity index (χ4n) is 3.47. The number of nitrogens with zero attached hydrogens (tertiary/aromatic N) is 3. The summed E-state index contributed by atoms with van der Waals surface area (Å²) >= 11 is 0. The molecule has 21 heavy (non-hydrogen) atoms. The smallest absolute Gasteiger partial charge is 0.0809 e. The van der Waals surface area contributed by atoms with Gasteiger partial charge in [-0.2, -0.15) is 5.10 Å². The maximum absolute atomic E-state index is 5.79. The van der Waals surface area contributed by atoms with Crippen molar-refractivity contribution in [1.82, 2.24) is 14.7 Å². The zero-order chi connectivity index (χ0) is 14.5. The summed E-state index contributed by atoms with van der Waals surface area (Å²) in [5.41, 5.74) is 1.36. The van der Waals surface area contributed by atoms with Gasteiger partial charge in [0.25, 0.3) is 0 Å².